The summed E-state index contributed by atoms with van der Waals surface area (Å²) in [5, 5.41) is 2.63. The first-order valence-corrected chi connectivity index (χ1v) is 12.2. The van der Waals surface area contributed by atoms with Gasteiger partial charge in [-0.1, -0.05) is 18.2 Å². The Morgan fingerprint density at radius 3 is 2.00 bits per heavy atom. The fourth-order valence-corrected chi connectivity index (χ4v) is 3.98. The minimum atomic E-state index is -0.914. The van der Waals surface area contributed by atoms with Crippen LogP contribution in [-0.2, 0) is 4.79 Å². The van der Waals surface area contributed by atoms with Crippen LogP contribution in [0.2, 0.25) is 0 Å². The zero-order chi connectivity index (χ0) is 28.1. The second-order valence-electron chi connectivity index (χ2n) is 8.69. The smallest absolute Gasteiger partial charge is 0.374 e. The lowest BCUT2D eigenvalue weighted by atomic mass is 10.1. The normalized spacial score (nSPS) is 12.0. The van der Waals surface area contributed by atoms with Gasteiger partial charge in [0.2, 0.25) is 6.41 Å². The van der Waals surface area contributed by atoms with Crippen LogP contribution in [0.25, 0.3) is 11.4 Å². The number of aryl methyl sites for hydroxylation is 3. The van der Waals surface area contributed by atoms with E-state index in [9.17, 15) is 14.4 Å². The summed E-state index contributed by atoms with van der Waals surface area (Å²) in [7, 11) is 0. The van der Waals surface area contributed by atoms with Gasteiger partial charge in [0, 0.05) is 18.1 Å². The Hall–Kier alpha value is -5.12. The average Bonchev–Trinajstić information content (AvgIpc) is 2.90. The van der Waals surface area contributed by atoms with E-state index in [0.717, 1.165) is 21.3 Å². The summed E-state index contributed by atoms with van der Waals surface area (Å²) < 4.78 is 7.76. The Morgan fingerprint density at radius 1 is 0.769 bits per heavy atom. The van der Waals surface area contributed by atoms with Gasteiger partial charge in [-0.15, -0.1) is 0 Å². The summed E-state index contributed by atoms with van der Waals surface area (Å²) in [6, 6.07) is 15.4. The minimum absolute atomic E-state index is 0.239. The summed E-state index contributed by atoms with van der Waals surface area (Å²) in [6.07, 6.45) is 3.85. The van der Waals surface area contributed by atoms with E-state index < -0.39 is 11.4 Å². The largest absolute Gasteiger partial charge is 0.430 e. The number of benzene rings is 3. The fraction of sp³-hybridized carbons (Fsp3) is 0.172. The number of hydrogen-bond acceptors (Lipinski definition) is 7. The number of carbonyl (C=O) groups excluding carboxylic acids is 1. The van der Waals surface area contributed by atoms with Crippen molar-refractivity contribution < 1.29 is 9.21 Å². The molecule has 0 spiro atoms. The van der Waals surface area contributed by atoms with Crippen LogP contribution >= 0.6 is 0 Å². The lowest BCUT2D eigenvalue weighted by Crippen LogP contribution is -2.45. The van der Waals surface area contributed by atoms with E-state index in [4.69, 9.17) is 4.42 Å². The van der Waals surface area contributed by atoms with E-state index in [1.807, 2.05) is 26.8 Å². The van der Waals surface area contributed by atoms with Crippen molar-refractivity contribution in [1.82, 2.24) is 9.13 Å². The molecule has 0 saturated carbocycles. The summed E-state index contributed by atoms with van der Waals surface area (Å²) in [5.74, 6) is -0.914. The van der Waals surface area contributed by atoms with Gasteiger partial charge >= 0.3 is 17.1 Å². The van der Waals surface area contributed by atoms with E-state index in [1.54, 1.807) is 74.8 Å². The van der Waals surface area contributed by atoms with Crippen molar-refractivity contribution in [2.24, 2.45) is 15.0 Å². The molecule has 0 unspecified atom stereocenters. The molecule has 10 heteroatoms. The van der Waals surface area contributed by atoms with Gasteiger partial charge in [0.05, 0.1) is 28.4 Å². The number of nitrogens with zero attached hydrogens (tertiary/aromatic N) is 5. The number of carbonyl (C=O) groups is 1. The zero-order valence-electron chi connectivity index (χ0n) is 22.3. The van der Waals surface area contributed by atoms with E-state index >= 15 is 0 Å². The SMILES string of the molecule is CC=Nc1cc(/N=c2\oc(=O)n(-c3ccc(C)c(N=CC)c3)c(=O)n2-c2ccc(C)c(NC=O)c2)ccc1C. The van der Waals surface area contributed by atoms with Crippen LogP contribution in [0, 0.1) is 20.8 Å². The second kappa shape index (κ2) is 11.5. The Morgan fingerprint density at radius 2 is 1.36 bits per heavy atom. The number of nitrogens with one attached hydrogen (secondary N) is 1. The molecule has 0 fully saturated rings. The van der Waals surface area contributed by atoms with Crippen molar-refractivity contribution in [2.45, 2.75) is 34.6 Å². The highest BCUT2D eigenvalue weighted by atomic mass is 16.4. The molecule has 10 nitrogen and oxygen atoms in total. The van der Waals surface area contributed by atoms with Crippen molar-refractivity contribution in [3.63, 3.8) is 0 Å². The number of rotatable bonds is 7. The highest BCUT2D eigenvalue weighted by molar-refractivity contribution is 5.74. The molecule has 39 heavy (non-hydrogen) atoms. The van der Waals surface area contributed by atoms with Crippen LogP contribution in [0.15, 0.2) is 83.6 Å². The molecule has 0 radical (unpaired) electrons. The molecule has 1 amide bonds. The maximum atomic E-state index is 14.0. The maximum Gasteiger partial charge on any atom is 0.430 e. The molecule has 0 aliphatic rings. The van der Waals surface area contributed by atoms with Gasteiger partial charge in [-0.05, 0) is 87.7 Å². The molecule has 3 aromatic carbocycles. The topological polar surface area (TPSA) is 123 Å². The second-order valence-corrected chi connectivity index (χ2v) is 8.69. The molecule has 0 saturated heterocycles. The van der Waals surface area contributed by atoms with Crippen LogP contribution in [0.1, 0.15) is 30.5 Å². The number of hydrogen-bond donors (Lipinski definition) is 1. The van der Waals surface area contributed by atoms with Gasteiger partial charge in [-0.2, -0.15) is 9.56 Å². The van der Waals surface area contributed by atoms with Crippen molar-refractivity contribution in [3.8, 4) is 11.4 Å². The van der Waals surface area contributed by atoms with Crippen molar-refractivity contribution in [3.05, 3.63) is 98.0 Å². The monoisotopic (exact) mass is 524 g/mol. The Bertz CT molecular complexity index is 1810. The highest BCUT2D eigenvalue weighted by Crippen LogP contribution is 2.25. The van der Waals surface area contributed by atoms with Crippen LogP contribution < -0.4 is 22.4 Å². The Labute approximate surface area is 224 Å². The van der Waals surface area contributed by atoms with Crippen molar-refractivity contribution in [2.75, 3.05) is 5.32 Å². The third-order valence-electron chi connectivity index (χ3n) is 6.03. The van der Waals surface area contributed by atoms with E-state index in [2.05, 4.69) is 20.3 Å². The molecule has 0 bridgehead atoms. The molecule has 1 N–H and O–H groups in total. The quantitative estimate of drug-likeness (QED) is 0.277. The van der Waals surface area contributed by atoms with Gasteiger partial charge in [0.25, 0.3) is 0 Å². The summed E-state index contributed by atoms with van der Waals surface area (Å²) in [6.45, 7) is 9.20. The van der Waals surface area contributed by atoms with Crippen LogP contribution in [0.4, 0.5) is 22.7 Å². The predicted molar refractivity (Wildman–Crippen MR) is 153 cm³/mol. The minimum Gasteiger partial charge on any atom is -0.374 e. The van der Waals surface area contributed by atoms with Gasteiger partial charge in [-0.3, -0.25) is 14.8 Å². The standard InChI is InChI=1S/C29H28N6O4/c1-6-30-24-14-21(11-8-18(24)3)33-27-34(22-12-9-20(5)26(15-22)32-17-36)28(37)35(29(38)39-27)23-13-10-19(4)25(16-23)31-7-2/h6-17H,1-5H3,(H,32,36)/b30-6?,31-7?,33-27-. The summed E-state index contributed by atoms with van der Waals surface area (Å²) >= 11 is 0. The number of aromatic nitrogens is 2. The number of aliphatic imine (C=N–C) groups is 2. The number of anilines is 1. The first-order valence-electron chi connectivity index (χ1n) is 12.2. The lowest BCUT2D eigenvalue weighted by Gasteiger charge is -2.13. The third-order valence-corrected chi connectivity index (χ3v) is 6.03. The third kappa shape index (κ3) is 5.59. The summed E-state index contributed by atoms with van der Waals surface area (Å²) in [5.41, 5.74) is 4.49. The molecule has 1 heterocycles. The molecular weight excluding hydrogens is 496 g/mol. The van der Waals surface area contributed by atoms with E-state index in [0.29, 0.717) is 34.8 Å². The lowest BCUT2D eigenvalue weighted by molar-refractivity contribution is -0.105. The van der Waals surface area contributed by atoms with Gasteiger partial charge < -0.3 is 9.73 Å². The molecule has 0 atom stereocenters. The van der Waals surface area contributed by atoms with Crippen molar-refractivity contribution >= 4 is 41.6 Å². The molecule has 1 aromatic heterocycles. The molecule has 198 valence electrons. The summed E-state index contributed by atoms with van der Waals surface area (Å²) in [4.78, 5) is 51.6. The molecule has 0 aliphatic heterocycles. The zero-order valence-corrected chi connectivity index (χ0v) is 22.3. The Balaban J connectivity index is 2.08. The number of amides is 1. The predicted octanol–water partition coefficient (Wildman–Crippen LogP) is 4.75. The first kappa shape index (κ1) is 26.9. The molecule has 4 rings (SSSR count). The average molecular weight is 525 g/mol. The van der Waals surface area contributed by atoms with Gasteiger partial charge in [0.1, 0.15) is 0 Å². The van der Waals surface area contributed by atoms with Gasteiger partial charge in [0.15, 0.2) is 0 Å². The molecule has 4 aromatic rings. The van der Waals surface area contributed by atoms with E-state index in [1.165, 1.54) is 4.57 Å². The van der Waals surface area contributed by atoms with Crippen LogP contribution in [0.3, 0.4) is 0 Å². The first-order chi connectivity index (χ1) is 18.8. The maximum absolute atomic E-state index is 14.0. The van der Waals surface area contributed by atoms with Gasteiger partial charge in [-0.25, -0.2) is 14.2 Å². The Kier molecular flexibility index (Phi) is 7.95. The van der Waals surface area contributed by atoms with E-state index in [-0.39, 0.29) is 11.4 Å². The van der Waals surface area contributed by atoms with Crippen LogP contribution in [0.5, 0.6) is 0 Å². The van der Waals surface area contributed by atoms with Crippen molar-refractivity contribution in [1.29, 1.82) is 0 Å². The van der Waals surface area contributed by atoms with Crippen LogP contribution in [-0.4, -0.2) is 28.0 Å². The molecular formula is C29H28N6O4. The molecule has 0 aliphatic carbocycles. The highest BCUT2D eigenvalue weighted by Gasteiger charge is 2.16. The fourth-order valence-electron chi connectivity index (χ4n) is 3.98.